The van der Waals surface area contributed by atoms with Gasteiger partial charge < -0.3 is 4.84 Å². The van der Waals surface area contributed by atoms with Gasteiger partial charge in [-0.1, -0.05) is 19.3 Å². The van der Waals surface area contributed by atoms with Gasteiger partial charge in [0, 0.05) is 0 Å². The van der Waals surface area contributed by atoms with Crippen molar-refractivity contribution in [1.29, 1.82) is 0 Å². The smallest absolute Gasteiger partial charge is 0.327 e. The van der Waals surface area contributed by atoms with E-state index in [0.717, 1.165) is 32.1 Å². The number of carbonyl (C=O) groups is 1. The zero-order valence-electron chi connectivity index (χ0n) is 8.31. The van der Waals surface area contributed by atoms with Crippen LogP contribution in [-0.2, 0) is 19.8 Å². The van der Waals surface area contributed by atoms with E-state index in [9.17, 15) is 13.2 Å². The van der Waals surface area contributed by atoms with Gasteiger partial charge in [0.1, 0.15) is 0 Å². The standard InChI is InChI=1S/C8H15NO5S/c10-8(7-4-2-1-3-5-7)14-9-6-15(11,12)13/h7,9H,1-6H2,(H,11,12,13). The predicted octanol–water partition coefficient (Wildman–Crippen LogP) is 0.460. The lowest BCUT2D eigenvalue weighted by molar-refractivity contribution is -0.156. The fourth-order valence-corrected chi connectivity index (χ4v) is 1.80. The summed E-state index contributed by atoms with van der Waals surface area (Å²) in [6.07, 6.45) is 4.69. The van der Waals surface area contributed by atoms with E-state index in [1.807, 2.05) is 5.48 Å². The Morgan fingerprint density at radius 1 is 1.33 bits per heavy atom. The summed E-state index contributed by atoms with van der Waals surface area (Å²) in [7, 11) is -4.14. The second kappa shape index (κ2) is 5.43. The predicted molar refractivity (Wildman–Crippen MR) is 52.2 cm³/mol. The Hall–Kier alpha value is -0.660. The molecule has 1 aliphatic carbocycles. The van der Waals surface area contributed by atoms with Crippen molar-refractivity contribution in [3.63, 3.8) is 0 Å². The average molecular weight is 237 g/mol. The third kappa shape index (κ3) is 5.10. The Balaban J connectivity index is 2.23. The van der Waals surface area contributed by atoms with Crippen LogP contribution in [0.1, 0.15) is 32.1 Å². The van der Waals surface area contributed by atoms with Crippen molar-refractivity contribution in [3.8, 4) is 0 Å². The summed E-state index contributed by atoms with van der Waals surface area (Å²) in [6, 6.07) is 0. The van der Waals surface area contributed by atoms with Crippen LogP contribution in [-0.4, -0.2) is 24.8 Å². The minimum atomic E-state index is -4.14. The quantitative estimate of drug-likeness (QED) is 0.545. The molecule has 0 aliphatic heterocycles. The lowest BCUT2D eigenvalue weighted by Gasteiger charge is -2.19. The van der Waals surface area contributed by atoms with Crippen LogP contribution in [0, 0.1) is 5.92 Å². The Morgan fingerprint density at radius 3 is 2.47 bits per heavy atom. The van der Waals surface area contributed by atoms with E-state index in [4.69, 9.17) is 4.55 Å². The number of carbonyl (C=O) groups excluding carboxylic acids is 1. The van der Waals surface area contributed by atoms with E-state index in [1.54, 1.807) is 0 Å². The first-order valence-corrected chi connectivity index (χ1v) is 6.48. The van der Waals surface area contributed by atoms with Crippen molar-refractivity contribution >= 4 is 16.1 Å². The molecule has 0 bridgehead atoms. The van der Waals surface area contributed by atoms with Crippen LogP contribution in [0.15, 0.2) is 0 Å². The van der Waals surface area contributed by atoms with Gasteiger partial charge in [-0.15, -0.1) is 5.48 Å². The first-order chi connectivity index (χ1) is 6.99. The van der Waals surface area contributed by atoms with E-state index < -0.39 is 22.0 Å². The van der Waals surface area contributed by atoms with Crippen molar-refractivity contribution < 1.29 is 22.6 Å². The maximum absolute atomic E-state index is 11.3. The molecule has 15 heavy (non-hydrogen) atoms. The Labute approximate surface area is 88.7 Å². The van der Waals surface area contributed by atoms with Gasteiger partial charge in [0.15, 0.2) is 5.88 Å². The normalized spacial score (nSPS) is 18.7. The van der Waals surface area contributed by atoms with Crippen LogP contribution in [0.2, 0.25) is 0 Å². The molecule has 0 unspecified atom stereocenters. The summed E-state index contributed by atoms with van der Waals surface area (Å²) in [5, 5.41) is 0. The molecule has 0 aromatic rings. The first kappa shape index (κ1) is 12.4. The lowest BCUT2D eigenvalue weighted by Crippen LogP contribution is -2.30. The van der Waals surface area contributed by atoms with Gasteiger partial charge in [-0.2, -0.15) is 8.42 Å². The lowest BCUT2D eigenvalue weighted by atomic mass is 9.89. The van der Waals surface area contributed by atoms with Crippen LogP contribution in [0.25, 0.3) is 0 Å². The van der Waals surface area contributed by atoms with Gasteiger partial charge in [0.25, 0.3) is 10.1 Å². The van der Waals surface area contributed by atoms with E-state index >= 15 is 0 Å². The van der Waals surface area contributed by atoms with Crippen LogP contribution in [0.4, 0.5) is 0 Å². The molecule has 0 radical (unpaired) electrons. The second-order valence-corrected chi connectivity index (χ2v) is 5.08. The summed E-state index contributed by atoms with van der Waals surface area (Å²) in [5.74, 6) is -1.36. The number of nitrogens with one attached hydrogen (secondary N) is 1. The number of hydroxylamine groups is 1. The van der Waals surface area contributed by atoms with Crippen molar-refractivity contribution in [3.05, 3.63) is 0 Å². The largest absolute Gasteiger partial charge is 0.369 e. The molecule has 0 saturated heterocycles. The highest BCUT2D eigenvalue weighted by atomic mass is 32.2. The van der Waals surface area contributed by atoms with Crippen LogP contribution in [0.3, 0.4) is 0 Å². The minimum Gasteiger partial charge on any atom is -0.369 e. The summed E-state index contributed by atoms with van der Waals surface area (Å²) >= 11 is 0. The number of rotatable bonds is 4. The molecule has 0 aromatic heterocycles. The molecule has 7 heteroatoms. The molecule has 2 N–H and O–H groups in total. The minimum absolute atomic E-state index is 0.146. The van der Waals surface area contributed by atoms with Gasteiger partial charge >= 0.3 is 5.97 Å². The fraction of sp³-hybridized carbons (Fsp3) is 0.875. The molecule has 1 fully saturated rings. The Morgan fingerprint density at radius 2 is 1.93 bits per heavy atom. The molecule has 6 nitrogen and oxygen atoms in total. The van der Waals surface area contributed by atoms with E-state index in [2.05, 4.69) is 4.84 Å². The topological polar surface area (TPSA) is 92.7 Å². The number of hydrogen-bond acceptors (Lipinski definition) is 5. The third-order valence-corrected chi connectivity index (χ3v) is 2.84. The highest BCUT2D eigenvalue weighted by molar-refractivity contribution is 7.85. The Bertz CT molecular complexity index is 307. The van der Waals surface area contributed by atoms with Crippen molar-refractivity contribution in [2.45, 2.75) is 32.1 Å². The van der Waals surface area contributed by atoms with Crippen molar-refractivity contribution in [2.24, 2.45) is 5.92 Å². The Kier molecular flexibility index (Phi) is 4.49. The zero-order valence-corrected chi connectivity index (χ0v) is 9.12. The van der Waals surface area contributed by atoms with Gasteiger partial charge in [-0.05, 0) is 12.8 Å². The van der Waals surface area contributed by atoms with Crippen LogP contribution in [0.5, 0.6) is 0 Å². The summed E-state index contributed by atoms with van der Waals surface area (Å²) < 4.78 is 28.9. The van der Waals surface area contributed by atoms with Crippen molar-refractivity contribution in [2.75, 3.05) is 5.88 Å². The molecule has 1 rings (SSSR count). The van der Waals surface area contributed by atoms with Gasteiger partial charge in [-0.3, -0.25) is 9.35 Å². The van der Waals surface area contributed by atoms with Gasteiger partial charge in [0.2, 0.25) is 0 Å². The molecule has 0 heterocycles. The maximum atomic E-state index is 11.3. The molecule has 0 spiro atoms. The van der Waals surface area contributed by atoms with Gasteiger partial charge in [0.05, 0.1) is 5.92 Å². The summed E-state index contributed by atoms with van der Waals surface area (Å²) in [5.41, 5.74) is 1.93. The third-order valence-electron chi connectivity index (χ3n) is 2.35. The molecule has 0 atom stereocenters. The van der Waals surface area contributed by atoms with E-state index in [-0.39, 0.29) is 5.92 Å². The highest BCUT2D eigenvalue weighted by Crippen LogP contribution is 2.24. The van der Waals surface area contributed by atoms with E-state index in [0.29, 0.717) is 0 Å². The van der Waals surface area contributed by atoms with Crippen LogP contribution >= 0.6 is 0 Å². The second-order valence-electron chi connectivity index (χ2n) is 3.63. The highest BCUT2D eigenvalue weighted by Gasteiger charge is 2.22. The average Bonchev–Trinajstić information content (AvgIpc) is 2.17. The molecule has 0 amide bonds. The van der Waals surface area contributed by atoms with Gasteiger partial charge in [-0.25, -0.2) is 0 Å². The molecular formula is C8H15NO5S. The molecule has 1 saturated carbocycles. The molecule has 0 aromatic carbocycles. The molecule has 88 valence electrons. The van der Waals surface area contributed by atoms with Crippen LogP contribution < -0.4 is 5.48 Å². The molecule has 1 aliphatic rings. The number of hydrogen-bond donors (Lipinski definition) is 2. The molecular weight excluding hydrogens is 222 g/mol. The monoisotopic (exact) mass is 237 g/mol. The SMILES string of the molecule is O=C(ONCS(=O)(=O)O)C1CCCCC1. The zero-order chi connectivity index (χ0) is 11.3. The first-order valence-electron chi connectivity index (χ1n) is 4.88. The van der Waals surface area contributed by atoms with E-state index in [1.165, 1.54) is 0 Å². The summed E-state index contributed by atoms with van der Waals surface area (Å²) in [6.45, 7) is 0. The van der Waals surface area contributed by atoms with Crippen molar-refractivity contribution in [1.82, 2.24) is 5.48 Å². The maximum Gasteiger partial charge on any atom is 0.327 e. The fourth-order valence-electron chi connectivity index (χ4n) is 1.60. The summed E-state index contributed by atoms with van der Waals surface area (Å²) in [4.78, 5) is 15.9.